The summed E-state index contributed by atoms with van der Waals surface area (Å²) in [4.78, 5) is 16.4. The molecular formula is C17H19N3O. The Bertz CT molecular complexity index is 648. The lowest BCUT2D eigenvalue weighted by molar-refractivity contribution is 0.102. The normalized spacial score (nSPS) is 10.0. The number of nitrogens with one attached hydrogen (secondary N) is 2. The van der Waals surface area contributed by atoms with Crippen molar-refractivity contribution in [1.29, 1.82) is 0 Å². The molecule has 0 radical (unpaired) electrons. The third-order valence-corrected chi connectivity index (χ3v) is 3.22. The van der Waals surface area contributed by atoms with Crippen LogP contribution in [-0.2, 0) is 0 Å². The van der Waals surface area contributed by atoms with Gasteiger partial charge in [0.05, 0.1) is 11.9 Å². The third-order valence-electron chi connectivity index (χ3n) is 3.22. The maximum atomic E-state index is 12.2. The van der Waals surface area contributed by atoms with Crippen molar-refractivity contribution in [3.05, 3.63) is 65.9 Å². The highest BCUT2D eigenvalue weighted by Crippen LogP contribution is 2.13. The number of benzene rings is 1. The number of carbonyl (C=O) groups is 1. The monoisotopic (exact) mass is 281 g/mol. The predicted octanol–water partition coefficient (Wildman–Crippen LogP) is 3.55. The fourth-order valence-corrected chi connectivity index (χ4v) is 1.83. The van der Waals surface area contributed by atoms with Gasteiger partial charge in [0.1, 0.15) is 5.82 Å². The van der Waals surface area contributed by atoms with Crippen LogP contribution in [0.3, 0.4) is 0 Å². The van der Waals surface area contributed by atoms with Gasteiger partial charge < -0.3 is 10.6 Å². The molecule has 1 amide bonds. The molecule has 2 aromatic rings. The minimum absolute atomic E-state index is 0.155. The lowest BCUT2D eigenvalue weighted by Crippen LogP contribution is -2.13. The second kappa shape index (κ2) is 6.70. The Morgan fingerprint density at radius 1 is 1.24 bits per heavy atom. The van der Waals surface area contributed by atoms with Gasteiger partial charge in [-0.2, -0.15) is 0 Å². The van der Waals surface area contributed by atoms with Crippen molar-refractivity contribution in [3.63, 3.8) is 0 Å². The Balaban J connectivity index is 2.05. The Morgan fingerprint density at radius 3 is 2.67 bits per heavy atom. The van der Waals surface area contributed by atoms with Crippen molar-refractivity contribution >= 4 is 17.4 Å². The van der Waals surface area contributed by atoms with Gasteiger partial charge in [-0.05, 0) is 49.2 Å². The van der Waals surface area contributed by atoms with Crippen LogP contribution >= 0.6 is 0 Å². The third kappa shape index (κ3) is 3.92. The number of anilines is 2. The molecule has 0 aliphatic heterocycles. The van der Waals surface area contributed by atoms with Crippen molar-refractivity contribution in [2.45, 2.75) is 13.8 Å². The molecule has 0 atom stereocenters. The lowest BCUT2D eigenvalue weighted by atomic mass is 10.1. The van der Waals surface area contributed by atoms with Crippen LogP contribution in [0.25, 0.3) is 0 Å². The number of carbonyl (C=O) groups excluding carboxylic acids is 1. The lowest BCUT2D eigenvalue weighted by Gasteiger charge is -2.08. The molecule has 1 heterocycles. The van der Waals surface area contributed by atoms with Crippen LogP contribution in [0, 0.1) is 13.8 Å². The van der Waals surface area contributed by atoms with E-state index in [4.69, 9.17) is 0 Å². The van der Waals surface area contributed by atoms with Gasteiger partial charge in [-0.15, -0.1) is 6.58 Å². The molecule has 0 saturated carbocycles. The Morgan fingerprint density at radius 2 is 2.05 bits per heavy atom. The molecule has 0 spiro atoms. The summed E-state index contributed by atoms with van der Waals surface area (Å²) in [6, 6.07) is 9.28. The summed E-state index contributed by atoms with van der Waals surface area (Å²) >= 11 is 0. The van der Waals surface area contributed by atoms with Gasteiger partial charge in [0, 0.05) is 12.1 Å². The summed E-state index contributed by atoms with van der Waals surface area (Å²) < 4.78 is 0. The smallest absolute Gasteiger partial charge is 0.256 e. The maximum absolute atomic E-state index is 12.2. The molecule has 0 bridgehead atoms. The van der Waals surface area contributed by atoms with Gasteiger partial charge in [0.15, 0.2) is 0 Å². The molecule has 4 nitrogen and oxygen atoms in total. The standard InChI is InChI=1S/C17H19N3O/c1-4-9-18-15-7-8-16(19-11-15)20-17(21)14-6-5-12(2)13(3)10-14/h4-8,10-11,18H,1,9H2,2-3H3,(H,19,20,21). The van der Waals surface area contributed by atoms with Crippen LogP contribution in [-0.4, -0.2) is 17.4 Å². The Kier molecular flexibility index (Phi) is 4.72. The van der Waals surface area contributed by atoms with E-state index in [1.807, 2.05) is 38.1 Å². The molecule has 0 aliphatic carbocycles. The largest absolute Gasteiger partial charge is 0.380 e. The number of hydrogen-bond donors (Lipinski definition) is 2. The van der Waals surface area contributed by atoms with E-state index in [0.717, 1.165) is 11.3 Å². The number of aryl methyl sites for hydroxylation is 2. The minimum Gasteiger partial charge on any atom is -0.380 e. The molecule has 0 unspecified atom stereocenters. The number of nitrogens with zero attached hydrogens (tertiary/aromatic N) is 1. The van der Waals surface area contributed by atoms with Crippen molar-refractivity contribution < 1.29 is 4.79 Å². The van der Waals surface area contributed by atoms with Gasteiger partial charge in [-0.25, -0.2) is 4.98 Å². The van der Waals surface area contributed by atoms with Crippen LogP contribution in [0.1, 0.15) is 21.5 Å². The zero-order valence-corrected chi connectivity index (χ0v) is 12.3. The average molecular weight is 281 g/mol. The van der Waals surface area contributed by atoms with Crippen LogP contribution in [0.5, 0.6) is 0 Å². The second-order valence-electron chi connectivity index (χ2n) is 4.85. The minimum atomic E-state index is -0.155. The first-order chi connectivity index (χ1) is 10.1. The van der Waals surface area contributed by atoms with Crippen molar-refractivity contribution in [1.82, 2.24) is 4.98 Å². The molecule has 1 aromatic heterocycles. The summed E-state index contributed by atoms with van der Waals surface area (Å²) in [5.74, 6) is 0.375. The number of aromatic nitrogens is 1. The first-order valence-electron chi connectivity index (χ1n) is 6.79. The summed E-state index contributed by atoms with van der Waals surface area (Å²) in [5, 5.41) is 5.92. The van der Waals surface area contributed by atoms with E-state index in [2.05, 4.69) is 22.2 Å². The Hall–Kier alpha value is -2.62. The van der Waals surface area contributed by atoms with E-state index in [0.29, 0.717) is 17.9 Å². The second-order valence-corrected chi connectivity index (χ2v) is 4.85. The fraction of sp³-hybridized carbons (Fsp3) is 0.176. The predicted molar refractivity (Wildman–Crippen MR) is 86.8 cm³/mol. The molecule has 1 aromatic carbocycles. The van der Waals surface area contributed by atoms with E-state index in [9.17, 15) is 4.79 Å². The summed E-state index contributed by atoms with van der Waals surface area (Å²) in [6.07, 6.45) is 3.45. The molecule has 0 aliphatic rings. The van der Waals surface area contributed by atoms with E-state index in [1.165, 1.54) is 5.56 Å². The van der Waals surface area contributed by atoms with Gasteiger partial charge in [-0.1, -0.05) is 12.1 Å². The Labute approximate surface area is 124 Å². The van der Waals surface area contributed by atoms with Gasteiger partial charge >= 0.3 is 0 Å². The average Bonchev–Trinajstić information content (AvgIpc) is 2.49. The van der Waals surface area contributed by atoms with Crippen molar-refractivity contribution in [2.24, 2.45) is 0 Å². The van der Waals surface area contributed by atoms with Gasteiger partial charge in [0.25, 0.3) is 5.91 Å². The summed E-state index contributed by atoms with van der Waals surface area (Å²) in [6.45, 7) is 8.33. The molecule has 108 valence electrons. The molecule has 2 rings (SSSR count). The zero-order chi connectivity index (χ0) is 15.2. The fourth-order valence-electron chi connectivity index (χ4n) is 1.83. The van der Waals surface area contributed by atoms with E-state index < -0.39 is 0 Å². The number of hydrogen-bond acceptors (Lipinski definition) is 3. The van der Waals surface area contributed by atoms with Crippen molar-refractivity contribution in [3.8, 4) is 0 Å². The zero-order valence-electron chi connectivity index (χ0n) is 12.3. The molecule has 4 heteroatoms. The van der Waals surface area contributed by atoms with Crippen molar-refractivity contribution in [2.75, 3.05) is 17.2 Å². The van der Waals surface area contributed by atoms with E-state index >= 15 is 0 Å². The number of rotatable bonds is 5. The quantitative estimate of drug-likeness (QED) is 0.824. The number of pyridine rings is 1. The highest BCUT2D eigenvalue weighted by Gasteiger charge is 2.07. The summed E-state index contributed by atoms with van der Waals surface area (Å²) in [7, 11) is 0. The first kappa shape index (κ1) is 14.8. The molecular weight excluding hydrogens is 262 g/mol. The first-order valence-corrected chi connectivity index (χ1v) is 6.79. The highest BCUT2D eigenvalue weighted by atomic mass is 16.1. The van der Waals surface area contributed by atoms with Gasteiger partial charge in [0.2, 0.25) is 0 Å². The van der Waals surface area contributed by atoms with Crippen LogP contribution in [0.2, 0.25) is 0 Å². The van der Waals surface area contributed by atoms with E-state index in [1.54, 1.807) is 18.3 Å². The topological polar surface area (TPSA) is 54.0 Å². The van der Waals surface area contributed by atoms with Crippen LogP contribution in [0.15, 0.2) is 49.2 Å². The van der Waals surface area contributed by atoms with Crippen LogP contribution in [0.4, 0.5) is 11.5 Å². The summed E-state index contributed by atoms with van der Waals surface area (Å²) in [5.41, 5.74) is 3.79. The van der Waals surface area contributed by atoms with E-state index in [-0.39, 0.29) is 5.91 Å². The maximum Gasteiger partial charge on any atom is 0.256 e. The SMILES string of the molecule is C=CCNc1ccc(NC(=O)c2ccc(C)c(C)c2)nc1. The highest BCUT2D eigenvalue weighted by molar-refractivity contribution is 6.03. The molecule has 21 heavy (non-hydrogen) atoms. The van der Waals surface area contributed by atoms with Gasteiger partial charge in [-0.3, -0.25) is 4.79 Å². The number of amides is 1. The molecule has 0 fully saturated rings. The van der Waals surface area contributed by atoms with Crippen LogP contribution < -0.4 is 10.6 Å². The molecule has 0 saturated heterocycles. The molecule has 2 N–H and O–H groups in total.